The number of rotatable bonds is 4. The minimum Gasteiger partial charge on any atom is -1.00 e. The number of esters is 1. The van der Waals surface area contributed by atoms with E-state index in [9.17, 15) is 20.1 Å². The van der Waals surface area contributed by atoms with Gasteiger partial charge in [0, 0.05) is 17.1 Å². The summed E-state index contributed by atoms with van der Waals surface area (Å²) in [5.74, 6) is -0.996. The van der Waals surface area contributed by atoms with E-state index in [1.54, 1.807) is 19.1 Å². The van der Waals surface area contributed by atoms with Gasteiger partial charge in [-0.05, 0) is 25.1 Å². The molecule has 0 aliphatic carbocycles. The van der Waals surface area contributed by atoms with E-state index in [1.807, 2.05) is 0 Å². The number of hydrogen-bond acceptors (Lipinski definition) is 9. The number of aromatic nitrogens is 1. The Hall–Kier alpha value is -3.26. The first-order valence-electron chi connectivity index (χ1n) is 8.46. The van der Waals surface area contributed by atoms with Crippen LogP contribution in [-0.2, 0) is 4.74 Å². The van der Waals surface area contributed by atoms with E-state index in [-0.39, 0.29) is 51.7 Å². The summed E-state index contributed by atoms with van der Waals surface area (Å²) >= 11 is 2.16. The number of fused-ring (bicyclic) bond motifs is 2. The van der Waals surface area contributed by atoms with Crippen LogP contribution in [0.15, 0.2) is 30.5 Å². The van der Waals surface area contributed by atoms with Crippen molar-refractivity contribution in [2.75, 3.05) is 12.3 Å². The maximum atomic E-state index is 13.2. The lowest BCUT2D eigenvalue weighted by atomic mass is 10.0. The van der Waals surface area contributed by atoms with Gasteiger partial charge in [-0.2, -0.15) is 0 Å². The molecule has 0 saturated heterocycles. The van der Waals surface area contributed by atoms with Gasteiger partial charge in [-0.25, -0.2) is 4.79 Å². The number of halogens is 1. The molecule has 3 aromatic heterocycles. The van der Waals surface area contributed by atoms with Crippen LogP contribution >= 0.6 is 22.7 Å². The normalized spacial score (nSPS) is 10.5. The number of aromatic hydroxyl groups is 1. The summed E-state index contributed by atoms with van der Waals surface area (Å²) in [7, 11) is 0. The lowest BCUT2D eigenvalue weighted by molar-refractivity contribution is -0.0000319. The molecule has 0 saturated carbocycles. The summed E-state index contributed by atoms with van der Waals surface area (Å²) in [5.41, 5.74) is 6.99. The molecule has 0 fully saturated rings. The zero-order valence-corrected chi connectivity index (χ0v) is 17.8. The number of nitrogens with two attached hydrogens (primary N) is 1. The summed E-state index contributed by atoms with van der Waals surface area (Å²) in [6.45, 7) is 1.85. The topological polar surface area (TPSA) is 131 Å². The Morgan fingerprint density at radius 3 is 2.70 bits per heavy atom. The number of nitrogens with zero attached hydrogens (tertiary/aromatic N) is 3. The molecule has 0 bridgehead atoms. The highest BCUT2D eigenvalue weighted by molar-refractivity contribution is 7.40. The average Bonchev–Trinajstić information content (AvgIpc) is 3.25. The Morgan fingerprint density at radius 2 is 2.00 bits per heavy atom. The summed E-state index contributed by atoms with van der Waals surface area (Å²) in [6.07, 6.45) is 1.53. The monoisotopic (exact) mass is 460 g/mol. The zero-order valence-electron chi connectivity index (χ0n) is 15.4. The van der Waals surface area contributed by atoms with Gasteiger partial charge in [0.25, 0.3) is 0 Å². The zero-order chi connectivity index (χ0) is 20.7. The lowest BCUT2D eigenvalue weighted by Gasteiger charge is -2.06. The van der Waals surface area contributed by atoms with Crippen molar-refractivity contribution in [1.82, 2.24) is 4.98 Å². The van der Waals surface area contributed by atoms with Crippen LogP contribution in [0, 0.1) is 5.39 Å². The number of phenolic OH excluding ortho intramolecular Hbond substituents is 1. The van der Waals surface area contributed by atoms with E-state index in [2.05, 4.69) is 9.96 Å². The second-order valence-electron chi connectivity index (χ2n) is 5.97. The van der Waals surface area contributed by atoms with Crippen molar-refractivity contribution < 1.29 is 31.8 Å². The Morgan fingerprint density at radius 1 is 1.27 bits per heavy atom. The fourth-order valence-corrected chi connectivity index (χ4v) is 5.50. The van der Waals surface area contributed by atoms with E-state index >= 15 is 0 Å². The number of carbonyl (C=O) groups excluding carboxylic acids is 2. The van der Waals surface area contributed by atoms with Crippen LogP contribution in [0.25, 0.3) is 25.3 Å². The molecule has 0 aliphatic heterocycles. The number of pyridine rings is 1. The fourth-order valence-electron chi connectivity index (χ4n) is 3.05. The van der Waals surface area contributed by atoms with Crippen molar-refractivity contribution in [3.8, 4) is 5.75 Å². The van der Waals surface area contributed by atoms with Crippen molar-refractivity contribution in [3.63, 3.8) is 0 Å². The molecule has 8 nitrogen and oxygen atoms in total. The number of carbonyl (C=O) groups is 2. The number of anilines is 1. The molecule has 0 radical (unpaired) electrons. The minimum atomic E-state index is -0.614. The molecule has 3 heterocycles. The van der Waals surface area contributed by atoms with Crippen LogP contribution in [-0.4, -0.2) is 28.4 Å². The quantitative estimate of drug-likeness (QED) is 0.269. The molecular weight excluding hydrogens is 448 g/mol. The minimum absolute atomic E-state index is 0. The SMILES string of the molecule is CCOC(=O)c1sc2sc(C(=O)c3ccc(O)c4ncccc34)c(N)c2c1[N+]#N.[Cl-]. The fraction of sp³-hybridized carbons (Fsp3) is 0.105. The first-order chi connectivity index (χ1) is 14.0. The van der Waals surface area contributed by atoms with Crippen molar-refractivity contribution in [2.45, 2.75) is 6.92 Å². The molecule has 4 rings (SSSR count). The summed E-state index contributed by atoms with van der Waals surface area (Å²) < 4.78 is 5.55. The van der Waals surface area contributed by atoms with Crippen LogP contribution in [0.3, 0.4) is 0 Å². The maximum Gasteiger partial charge on any atom is 0.421 e. The predicted molar refractivity (Wildman–Crippen MR) is 112 cm³/mol. The van der Waals surface area contributed by atoms with E-state index in [0.717, 1.165) is 22.7 Å². The van der Waals surface area contributed by atoms with Gasteiger partial charge in [0.1, 0.15) is 21.5 Å². The summed E-state index contributed by atoms with van der Waals surface area (Å²) in [5, 5.41) is 20.3. The highest BCUT2D eigenvalue weighted by atomic mass is 35.5. The molecule has 0 aliphatic rings. The third kappa shape index (κ3) is 3.23. The van der Waals surface area contributed by atoms with Crippen molar-refractivity contribution in [1.29, 1.82) is 5.39 Å². The molecule has 4 aromatic rings. The third-order valence-corrected chi connectivity index (χ3v) is 6.77. The highest BCUT2D eigenvalue weighted by Gasteiger charge is 2.35. The van der Waals surface area contributed by atoms with Crippen molar-refractivity contribution in [2.24, 2.45) is 0 Å². The van der Waals surface area contributed by atoms with Crippen molar-refractivity contribution >= 4 is 66.1 Å². The van der Waals surface area contributed by atoms with Crippen LogP contribution in [0.4, 0.5) is 11.4 Å². The Balaban J connectivity index is 0.00000256. The van der Waals surface area contributed by atoms with Gasteiger partial charge in [0.15, 0.2) is 4.98 Å². The Bertz CT molecular complexity index is 1360. The van der Waals surface area contributed by atoms with E-state index < -0.39 is 5.97 Å². The van der Waals surface area contributed by atoms with Crippen LogP contribution < -0.4 is 18.1 Å². The number of thiophene rings is 2. The van der Waals surface area contributed by atoms with Crippen LogP contribution in [0.1, 0.15) is 31.8 Å². The van der Waals surface area contributed by atoms with Gasteiger partial charge >= 0.3 is 11.7 Å². The molecule has 30 heavy (non-hydrogen) atoms. The number of hydrogen-bond donors (Lipinski definition) is 2. The Labute approximate surface area is 183 Å². The van der Waals surface area contributed by atoms with Gasteiger partial charge in [-0.3, -0.25) is 9.78 Å². The van der Waals surface area contributed by atoms with Gasteiger partial charge in [-0.1, -0.05) is 6.07 Å². The van der Waals surface area contributed by atoms with Crippen LogP contribution in [0.5, 0.6) is 5.75 Å². The number of nitrogen functional groups attached to an aromatic ring is 1. The Kier molecular flexibility index (Phi) is 5.89. The molecule has 11 heteroatoms. The van der Waals surface area contributed by atoms with E-state index in [4.69, 9.17) is 10.5 Å². The van der Waals surface area contributed by atoms with E-state index in [0.29, 0.717) is 25.9 Å². The predicted octanol–water partition coefficient (Wildman–Crippen LogP) is 1.70. The lowest BCUT2D eigenvalue weighted by Crippen LogP contribution is -3.00. The second-order valence-corrected chi connectivity index (χ2v) is 8.27. The molecule has 0 atom stereocenters. The van der Waals surface area contributed by atoms with Gasteiger partial charge < -0.3 is 28.0 Å². The molecule has 0 spiro atoms. The molecule has 3 N–H and O–H groups in total. The average molecular weight is 461 g/mol. The smallest absolute Gasteiger partial charge is 0.421 e. The van der Waals surface area contributed by atoms with Gasteiger partial charge in [0.05, 0.1) is 16.3 Å². The van der Waals surface area contributed by atoms with Gasteiger partial charge in [0.2, 0.25) is 16.1 Å². The maximum absolute atomic E-state index is 13.2. The molecular formula is C19H13ClN4O4S2. The number of ketones is 1. The third-order valence-electron chi connectivity index (χ3n) is 4.32. The highest BCUT2D eigenvalue weighted by Crippen LogP contribution is 2.48. The summed E-state index contributed by atoms with van der Waals surface area (Å²) in [4.78, 5) is 33.0. The number of ether oxygens (including phenoxy) is 1. The summed E-state index contributed by atoms with van der Waals surface area (Å²) in [6, 6.07) is 6.27. The number of benzene rings is 1. The molecule has 0 amide bonds. The van der Waals surface area contributed by atoms with Crippen molar-refractivity contribution in [3.05, 3.63) is 50.8 Å². The number of diazo groups is 1. The molecule has 1 aromatic carbocycles. The first kappa shape index (κ1) is 21.4. The van der Waals surface area contributed by atoms with Gasteiger partial charge in [-0.15, -0.1) is 22.7 Å². The molecule has 0 unspecified atom stereocenters. The van der Waals surface area contributed by atoms with Crippen LogP contribution in [0.2, 0.25) is 0 Å². The largest absolute Gasteiger partial charge is 1.00 e. The standard InChI is InChI=1S/C19H12N4O4S2.ClH/c1-2-27-18(26)17-14(23-21)11-12(20)16(28-19(11)29-17)15(25)9-5-6-10(24)13-8(9)4-3-7-22-13;/h3-7H,2H2,1H3,(H2-,20,24,25);1H. The molecule has 152 valence electrons. The second kappa shape index (κ2) is 8.23. The first-order valence-corrected chi connectivity index (χ1v) is 10.1. The number of phenols is 1. The van der Waals surface area contributed by atoms with E-state index in [1.165, 1.54) is 18.3 Å².